The van der Waals surface area contributed by atoms with Gasteiger partial charge in [0.2, 0.25) is 0 Å². The van der Waals surface area contributed by atoms with E-state index in [-0.39, 0.29) is 17.9 Å². The SMILES string of the molecule is CC(C)C[C@@]1(C(=O)O)C[C@H](c2ccncn2)[C@H](c2nccs2)N1. The molecule has 0 aromatic carbocycles. The summed E-state index contributed by atoms with van der Waals surface area (Å²) in [6.07, 6.45) is 6.04. The molecule has 6 nitrogen and oxygen atoms in total. The van der Waals surface area contributed by atoms with E-state index < -0.39 is 11.5 Å². The lowest BCUT2D eigenvalue weighted by Gasteiger charge is -2.27. The van der Waals surface area contributed by atoms with E-state index in [0.717, 1.165) is 10.7 Å². The molecule has 23 heavy (non-hydrogen) atoms. The molecule has 1 fully saturated rings. The minimum Gasteiger partial charge on any atom is -0.480 e. The second-order valence-corrected chi connectivity index (χ2v) is 7.35. The van der Waals surface area contributed by atoms with Gasteiger partial charge >= 0.3 is 5.97 Å². The normalized spacial score (nSPS) is 27.4. The fourth-order valence-electron chi connectivity index (χ4n) is 3.44. The average molecular weight is 332 g/mol. The van der Waals surface area contributed by atoms with Crippen molar-refractivity contribution in [3.63, 3.8) is 0 Å². The summed E-state index contributed by atoms with van der Waals surface area (Å²) < 4.78 is 0. The topological polar surface area (TPSA) is 88.0 Å². The van der Waals surface area contributed by atoms with Crippen LogP contribution in [0.15, 0.2) is 30.2 Å². The van der Waals surface area contributed by atoms with E-state index in [0.29, 0.717) is 12.8 Å². The van der Waals surface area contributed by atoms with Gasteiger partial charge < -0.3 is 5.11 Å². The highest BCUT2D eigenvalue weighted by Crippen LogP contribution is 2.46. The van der Waals surface area contributed by atoms with Gasteiger partial charge in [0.1, 0.15) is 16.9 Å². The number of thiazole rings is 1. The zero-order chi connectivity index (χ0) is 16.4. The highest BCUT2D eigenvalue weighted by molar-refractivity contribution is 7.09. The van der Waals surface area contributed by atoms with Crippen LogP contribution in [0.2, 0.25) is 0 Å². The van der Waals surface area contributed by atoms with Gasteiger partial charge in [-0.05, 0) is 24.8 Å². The van der Waals surface area contributed by atoms with Gasteiger partial charge in [0.25, 0.3) is 0 Å². The highest BCUT2D eigenvalue weighted by Gasteiger charge is 2.52. The van der Waals surface area contributed by atoms with Gasteiger partial charge in [0.05, 0.1) is 6.04 Å². The Bertz CT molecular complexity index is 662. The number of nitrogens with zero attached hydrogens (tertiary/aromatic N) is 3. The van der Waals surface area contributed by atoms with Crippen LogP contribution in [0.1, 0.15) is 49.4 Å². The van der Waals surface area contributed by atoms with Crippen molar-refractivity contribution in [2.45, 2.75) is 44.2 Å². The summed E-state index contributed by atoms with van der Waals surface area (Å²) in [6.45, 7) is 4.09. The summed E-state index contributed by atoms with van der Waals surface area (Å²) in [5.74, 6) is -0.553. The monoisotopic (exact) mass is 332 g/mol. The lowest BCUT2D eigenvalue weighted by Crippen LogP contribution is -2.49. The van der Waals surface area contributed by atoms with Crippen LogP contribution in [-0.4, -0.2) is 31.6 Å². The first kappa shape index (κ1) is 16.0. The molecule has 2 aromatic heterocycles. The average Bonchev–Trinajstić information content (AvgIpc) is 3.15. The molecule has 0 spiro atoms. The maximum absolute atomic E-state index is 12.0. The summed E-state index contributed by atoms with van der Waals surface area (Å²) in [5, 5.41) is 16.1. The Balaban J connectivity index is 2.00. The Labute approximate surface area is 139 Å². The van der Waals surface area contributed by atoms with Crippen molar-refractivity contribution in [1.29, 1.82) is 0 Å². The third-order valence-corrected chi connectivity index (χ3v) is 5.13. The summed E-state index contributed by atoms with van der Waals surface area (Å²) in [7, 11) is 0. The minimum absolute atomic E-state index is 0.0287. The predicted octanol–water partition coefficient (Wildman–Crippen LogP) is 2.62. The van der Waals surface area contributed by atoms with Crippen molar-refractivity contribution >= 4 is 17.3 Å². The highest BCUT2D eigenvalue weighted by atomic mass is 32.1. The fourth-order valence-corrected chi connectivity index (χ4v) is 4.20. The van der Waals surface area contributed by atoms with Crippen molar-refractivity contribution < 1.29 is 9.90 Å². The van der Waals surface area contributed by atoms with Crippen molar-refractivity contribution in [2.24, 2.45) is 5.92 Å². The van der Waals surface area contributed by atoms with Gasteiger partial charge in [-0.25, -0.2) is 15.0 Å². The Morgan fingerprint density at radius 2 is 2.30 bits per heavy atom. The number of carboxylic acids is 1. The van der Waals surface area contributed by atoms with Gasteiger partial charge in [0, 0.05) is 29.4 Å². The van der Waals surface area contributed by atoms with Crippen LogP contribution in [0.5, 0.6) is 0 Å². The van der Waals surface area contributed by atoms with E-state index in [2.05, 4.69) is 20.3 Å². The maximum atomic E-state index is 12.0. The number of carbonyl (C=O) groups is 1. The van der Waals surface area contributed by atoms with Gasteiger partial charge in [-0.1, -0.05) is 13.8 Å². The molecule has 1 saturated heterocycles. The van der Waals surface area contributed by atoms with Crippen LogP contribution >= 0.6 is 11.3 Å². The minimum atomic E-state index is -0.944. The number of nitrogens with one attached hydrogen (secondary N) is 1. The molecule has 3 rings (SSSR count). The molecule has 0 amide bonds. The number of carboxylic acid groups (broad SMARTS) is 1. The van der Waals surface area contributed by atoms with Gasteiger partial charge in [-0.3, -0.25) is 10.1 Å². The second-order valence-electron chi connectivity index (χ2n) is 6.42. The van der Waals surface area contributed by atoms with Crippen molar-refractivity contribution in [3.05, 3.63) is 40.9 Å². The van der Waals surface area contributed by atoms with E-state index in [4.69, 9.17) is 0 Å². The number of aliphatic carboxylic acids is 1. The van der Waals surface area contributed by atoms with Crippen LogP contribution in [0.25, 0.3) is 0 Å². The number of aromatic nitrogens is 3. The van der Waals surface area contributed by atoms with E-state index >= 15 is 0 Å². The van der Waals surface area contributed by atoms with E-state index in [1.54, 1.807) is 12.4 Å². The molecule has 2 aromatic rings. The molecular formula is C16H20N4O2S. The largest absolute Gasteiger partial charge is 0.480 e. The summed E-state index contributed by atoms with van der Waals surface area (Å²) in [5.41, 5.74) is -0.0836. The van der Waals surface area contributed by atoms with E-state index in [1.807, 2.05) is 25.3 Å². The first-order chi connectivity index (χ1) is 11.0. The van der Waals surface area contributed by atoms with Crippen molar-refractivity contribution in [3.8, 4) is 0 Å². The smallest absolute Gasteiger partial charge is 0.323 e. The molecule has 0 unspecified atom stereocenters. The molecule has 122 valence electrons. The summed E-state index contributed by atoms with van der Waals surface area (Å²) in [6, 6.07) is 1.72. The Kier molecular flexibility index (Phi) is 4.41. The lowest BCUT2D eigenvalue weighted by atomic mass is 9.83. The van der Waals surface area contributed by atoms with E-state index in [9.17, 15) is 9.90 Å². The molecule has 7 heteroatoms. The molecular weight excluding hydrogens is 312 g/mol. The molecule has 1 aliphatic heterocycles. The Hall–Kier alpha value is -1.86. The quantitative estimate of drug-likeness (QED) is 0.875. The van der Waals surface area contributed by atoms with Gasteiger partial charge in [-0.15, -0.1) is 11.3 Å². The molecule has 0 bridgehead atoms. The standard InChI is InChI=1S/C16H20N4O2S/c1-10(2)7-16(15(21)22)8-11(12-3-4-17-9-19-12)13(20-16)14-18-5-6-23-14/h3-6,9-11,13,20H,7-8H2,1-2H3,(H,21,22)/t11-,13-,16+/m1/s1. The van der Waals surface area contributed by atoms with Gasteiger partial charge in [0.15, 0.2) is 0 Å². The first-order valence-electron chi connectivity index (χ1n) is 7.68. The third-order valence-electron chi connectivity index (χ3n) is 4.27. The summed E-state index contributed by atoms with van der Waals surface area (Å²) in [4.78, 5) is 24.8. The Morgan fingerprint density at radius 1 is 1.48 bits per heavy atom. The van der Waals surface area contributed by atoms with E-state index in [1.165, 1.54) is 17.7 Å². The maximum Gasteiger partial charge on any atom is 0.323 e. The number of rotatable bonds is 5. The second kappa shape index (κ2) is 6.33. The van der Waals surface area contributed by atoms with Crippen LogP contribution in [0.3, 0.4) is 0 Å². The molecule has 2 N–H and O–H groups in total. The molecule has 0 radical (unpaired) electrons. The first-order valence-corrected chi connectivity index (χ1v) is 8.56. The molecule has 3 atom stereocenters. The lowest BCUT2D eigenvalue weighted by molar-refractivity contribution is -0.145. The van der Waals surface area contributed by atoms with Crippen LogP contribution in [0.4, 0.5) is 0 Å². The van der Waals surface area contributed by atoms with Gasteiger partial charge in [-0.2, -0.15) is 0 Å². The predicted molar refractivity (Wildman–Crippen MR) is 87.2 cm³/mol. The van der Waals surface area contributed by atoms with Crippen LogP contribution in [-0.2, 0) is 4.79 Å². The molecule has 0 saturated carbocycles. The number of hydrogen-bond acceptors (Lipinski definition) is 6. The van der Waals surface area contributed by atoms with Crippen molar-refractivity contribution in [1.82, 2.24) is 20.3 Å². The third kappa shape index (κ3) is 3.11. The molecule has 1 aliphatic rings. The molecule has 0 aliphatic carbocycles. The Morgan fingerprint density at radius 3 is 2.87 bits per heavy atom. The number of hydrogen-bond donors (Lipinski definition) is 2. The summed E-state index contributed by atoms with van der Waals surface area (Å²) >= 11 is 1.54. The zero-order valence-electron chi connectivity index (χ0n) is 13.1. The van der Waals surface area contributed by atoms with Crippen molar-refractivity contribution in [2.75, 3.05) is 0 Å². The molecule has 3 heterocycles. The fraction of sp³-hybridized carbons (Fsp3) is 0.500. The van der Waals surface area contributed by atoms with Crippen LogP contribution in [0, 0.1) is 5.92 Å². The zero-order valence-corrected chi connectivity index (χ0v) is 14.0. The van der Waals surface area contributed by atoms with Crippen LogP contribution < -0.4 is 5.32 Å².